The average molecular weight is 591 g/mol. The van der Waals surface area contributed by atoms with Crippen LogP contribution in [0.15, 0.2) is 53.4 Å². The monoisotopic (exact) mass is 590 g/mol. The number of amides is 1. The van der Waals surface area contributed by atoms with E-state index in [1.54, 1.807) is 18.2 Å². The summed E-state index contributed by atoms with van der Waals surface area (Å²) in [6.07, 6.45) is 2.77. The smallest absolute Gasteiger partial charge is 0.264 e. The highest BCUT2D eigenvalue weighted by molar-refractivity contribution is 7.92. The van der Waals surface area contributed by atoms with Gasteiger partial charge in [-0.25, -0.2) is 18.1 Å². The quantitative estimate of drug-likeness (QED) is 0.366. The Morgan fingerprint density at radius 3 is 2.33 bits per heavy atom. The van der Waals surface area contributed by atoms with Crippen LogP contribution in [-0.2, 0) is 10.0 Å². The fourth-order valence-electron chi connectivity index (χ4n) is 6.49. The van der Waals surface area contributed by atoms with Crippen molar-refractivity contribution < 1.29 is 17.9 Å². The normalized spacial score (nSPS) is 20.3. The number of rotatable bonds is 4. The molecule has 1 atom stereocenters. The van der Waals surface area contributed by atoms with Crippen molar-refractivity contribution in [2.45, 2.75) is 78.7 Å². The van der Waals surface area contributed by atoms with Gasteiger partial charge in [0.1, 0.15) is 6.61 Å². The van der Waals surface area contributed by atoms with Crippen molar-refractivity contribution in [1.82, 2.24) is 14.9 Å². The lowest BCUT2D eigenvalue weighted by Crippen LogP contribution is -2.50. The minimum absolute atomic E-state index is 0.0201. The molecular weight excluding hydrogens is 548 g/mol. The molecule has 2 aromatic carbocycles. The SMILES string of the molecule is Cc1cccc(C)c1-c1cc2nc(n1)NS(=O)(=O)c1cccc(c1)C(=O)N(CC1CC(C)(C)C1)[C@H](CC(C)(C)C)CO2. The van der Waals surface area contributed by atoms with Crippen molar-refractivity contribution in [2.75, 3.05) is 17.9 Å². The lowest BCUT2D eigenvalue weighted by molar-refractivity contribution is 0.0213. The van der Waals surface area contributed by atoms with Gasteiger partial charge in [0.05, 0.1) is 16.6 Å². The molecule has 1 saturated carbocycles. The maximum Gasteiger partial charge on any atom is 0.264 e. The number of nitrogens with zero attached hydrogens (tertiary/aromatic N) is 3. The number of fused-ring (bicyclic) bond motifs is 4. The second kappa shape index (κ2) is 11.0. The molecule has 42 heavy (non-hydrogen) atoms. The van der Waals surface area contributed by atoms with Gasteiger partial charge < -0.3 is 9.64 Å². The first-order valence-electron chi connectivity index (χ1n) is 14.6. The van der Waals surface area contributed by atoms with E-state index in [9.17, 15) is 13.2 Å². The third-order valence-electron chi connectivity index (χ3n) is 8.17. The summed E-state index contributed by atoms with van der Waals surface area (Å²) in [5.74, 6) is 0.351. The van der Waals surface area contributed by atoms with Crippen molar-refractivity contribution in [2.24, 2.45) is 16.7 Å². The average Bonchev–Trinajstić information content (AvgIpc) is 2.87. The Morgan fingerprint density at radius 2 is 1.69 bits per heavy atom. The highest BCUT2D eigenvalue weighted by atomic mass is 32.2. The summed E-state index contributed by atoms with van der Waals surface area (Å²) in [5.41, 5.74) is 3.97. The molecule has 1 N–H and O–H groups in total. The minimum Gasteiger partial charge on any atom is -0.475 e. The van der Waals surface area contributed by atoms with Gasteiger partial charge in [-0.05, 0) is 79.2 Å². The van der Waals surface area contributed by atoms with Crippen LogP contribution in [0.4, 0.5) is 5.95 Å². The number of hydrogen-bond acceptors (Lipinski definition) is 6. The standard InChI is InChI=1S/C33H42N4O4S/c1-21-10-8-11-22(2)29(21)27-15-28-35-31(34-27)36-42(39,40)26-13-9-12-24(14-26)30(38)37(19-23-16-33(6,7)17-23)25(20-41-28)18-32(3,4)5/h8-15,23,25H,16-20H2,1-7H3,(H,34,35,36)/t25-/m1/s1. The lowest BCUT2D eigenvalue weighted by Gasteiger charge is -2.46. The fraction of sp³-hybridized carbons (Fsp3) is 0.485. The topological polar surface area (TPSA) is 101 Å². The molecule has 5 rings (SSSR count). The van der Waals surface area contributed by atoms with Crippen LogP contribution in [0.3, 0.4) is 0 Å². The van der Waals surface area contributed by atoms with Gasteiger partial charge in [-0.15, -0.1) is 0 Å². The van der Waals surface area contributed by atoms with Crippen LogP contribution in [-0.4, -0.2) is 48.4 Å². The number of sulfonamides is 1. The summed E-state index contributed by atoms with van der Waals surface area (Å²) in [6.45, 7) is 15.8. The van der Waals surface area contributed by atoms with E-state index in [0.717, 1.165) is 29.5 Å². The van der Waals surface area contributed by atoms with Crippen LogP contribution >= 0.6 is 0 Å². The third kappa shape index (κ3) is 6.61. The summed E-state index contributed by atoms with van der Waals surface area (Å²) in [6, 6.07) is 13.7. The van der Waals surface area contributed by atoms with E-state index in [1.165, 1.54) is 12.1 Å². The Bertz CT molecular complexity index is 1580. The molecule has 2 heterocycles. The molecule has 2 aliphatic rings. The molecule has 1 aliphatic heterocycles. The van der Waals surface area contributed by atoms with Gasteiger partial charge in [0.25, 0.3) is 15.9 Å². The molecule has 0 saturated heterocycles. The predicted octanol–water partition coefficient (Wildman–Crippen LogP) is 6.64. The number of hydrogen-bond donors (Lipinski definition) is 1. The Kier molecular flexibility index (Phi) is 7.85. The first-order chi connectivity index (χ1) is 19.6. The van der Waals surface area contributed by atoms with Crippen LogP contribution in [0.5, 0.6) is 5.88 Å². The van der Waals surface area contributed by atoms with Gasteiger partial charge in [0.2, 0.25) is 11.8 Å². The van der Waals surface area contributed by atoms with Crippen LogP contribution in [0.2, 0.25) is 0 Å². The molecule has 8 nitrogen and oxygen atoms in total. The maximum atomic E-state index is 14.2. The predicted molar refractivity (Wildman–Crippen MR) is 165 cm³/mol. The van der Waals surface area contributed by atoms with Crippen molar-refractivity contribution in [3.8, 4) is 17.1 Å². The van der Waals surface area contributed by atoms with Crippen molar-refractivity contribution in [1.29, 1.82) is 0 Å². The molecule has 0 radical (unpaired) electrons. The van der Waals surface area contributed by atoms with E-state index in [1.807, 2.05) is 36.9 Å². The number of aromatic nitrogens is 2. The number of anilines is 1. The number of benzene rings is 2. The van der Waals surface area contributed by atoms with Gasteiger partial charge in [0, 0.05) is 23.7 Å². The molecule has 1 fully saturated rings. The van der Waals surface area contributed by atoms with Crippen LogP contribution in [0, 0.1) is 30.6 Å². The molecule has 1 amide bonds. The zero-order chi connectivity index (χ0) is 30.4. The number of ether oxygens (including phenoxy) is 1. The molecule has 1 aromatic heterocycles. The highest BCUT2D eigenvalue weighted by Gasteiger charge is 2.40. The fourth-order valence-corrected chi connectivity index (χ4v) is 7.48. The van der Waals surface area contributed by atoms with E-state index >= 15 is 0 Å². The second-order valence-corrected chi connectivity index (χ2v) is 15.6. The summed E-state index contributed by atoms with van der Waals surface area (Å²) < 4.78 is 36.0. The number of carbonyl (C=O) groups excluding carboxylic acids is 1. The van der Waals surface area contributed by atoms with E-state index in [-0.39, 0.29) is 46.1 Å². The summed E-state index contributed by atoms with van der Waals surface area (Å²) in [5, 5.41) is 0. The Morgan fingerprint density at radius 1 is 1.02 bits per heavy atom. The maximum absolute atomic E-state index is 14.2. The summed E-state index contributed by atoms with van der Waals surface area (Å²) >= 11 is 0. The Hall–Kier alpha value is -3.46. The minimum atomic E-state index is -4.09. The molecule has 0 unspecified atom stereocenters. The van der Waals surface area contributed by atoms with Crippen molar-refractivity contribution in [3.63, 3.8) is 0 Å². The van der Waals surface area contributed by atoms with Crippen LogP contribution in [0.1, 0.15) is 75.4 Å². The van der Waals surface area contributed by atoms with E-state index in [0.29, 0.717) is 30.1 Å². The van der Waals surface area contributed by atoms with E-state index < -0.39 is 10.0 Å². The number of nitrogens with one attached hydrogen (secondary N) is 1. The first-order valence-corrected chi connectivity index (χ1v) is 16.1. The van der Waals surface area contributed by atoms with E-state index in [2.05, 4.69) is 49.3 Å². The van der Waals surface area contributed by atoms with Gasteiger partial charge >= 0.3 is 0 Å². The zero-order valence-electron chi connectivity index (χ0n) is 25.7. The summed E-state index contributed by atoms with van der Waals surface area (Å²) in [7, 11) is -4.09. The highest BCUT2D eigenvalue weighted by Crippen LogP contribution is 2.45. The van der Waals surface area contributed by atoms with Gasteiger partial charge in [-0.1, -0.05) is 58.9 Å². The molecule has 224 valence electrons. The summed E-state index contributed by atoms with van der Waals surface area (Å²) in [4.78, 5) is 25.2. The van der Waals surface area contributed by atoms with Gasteiger partial charge in [0.15, 0.2) is 0 Å². The van der Waals surface area contributed by atoms with Gasteiger partial charge in [-0.2, -0.15) is 4.98 Å². The van der Waals surface area contributed by atoms with Crippen LogP contribution in [0.25, 0.3) is 11.3 Å². The largest absolute Gasteiger partial charge is 0.475 e. The third-order valence-corrected chi connectivity index (χ3v) is 9.49. The molecule has 4 bridgehead atoms. The lowest BCUT2D eigenvalue weighted by atomic mass is 9.64. The van der Waals surface area contributed by atoms with Crippen molar-refractivity contribution in [3.05, 3.63) is 65.2 Å². The second-order valence-electron chi connectivity index (χ2n) is 13.9. The zero-order valence-corrected chi connectivity index (χ0v) is 26.5. The van der Waals surface area contributed by atoms with Crippen LogP contribution < -0.4 is 9.46 Å². The van der Waals surface area contributed by atoms with Gasteiger partial charge in [-0.3, -0.25) is 4.79 Å². The Balaban J connectivity index is 1.64. The Labute approximate surface area is 250 Å². The number of aryl methyl sites for hydroxylation is 2. The first kappa shape index (κ1) is 30.0. The molecule has 1 aliphatic carbocycles. The molecule has 0 spiro atoms. The molecule has 9 heteroatoms. The van der Waals surface area contributed by atoms with Crippen molar-refractivity contribution >= 4 is 21.9 Å². The molecule has 3 aromatic rings. The van der Waals surface area contributed by atoms with E-state index in [4.69, 9.17) is 4.74 Å². The number of carbonyl (C=O) groups is 1. The molecular formula is C33H42N4O4S.